The number of nitrogens with zero attached hydrogens (tertiary/aromatic N) is 3. The van der Waals surface area contributed by atoms with E-state index in [1.807, 2.05) is 0 Å². The fourth-order valence-electron chi connectivity index (χ4n) is 2.16. The molecule has 2 heterocycles. The van der Waals surface area contributed by atoms with Gasteiger partial charge in [0.1, 0.15) is 11.0 Å². The van der Waals surface area contributed by atoms with Gasteiger partial charge >= 0.3 is 0 Å². The maximum absolute atomic E-state index is 5.87. The van der Waals surface area contributed by atoms with Gasteiger partial charge in [-0.05, 0) is 18.8 Å². The zero-order valence-corrected chi connectivity index (χ0v) is 10.2. The Labute approximate surface area is 101 Å². The van der Waals surface area contributed by atoms with Gasteiger partial charge in [-0.3, -0.25) is 0 Å². The molecule has 88 valence electrons. The molecule has 1 aliphatic rings. The first-order chi connectivity index (χ1) is 7.69. The van der Waals surface area contributed by atoms with Crippen LogP contribution >= 0.6 is 11.6 Å². The second-order valence-corrected chi connectivity index (χ2v) is 4.63. The molecule has 0 saturated carbocycles. The van der Waals surface area contributed by atoms with E-state index < -0.39 is 0 Å². The van der Waals surface area contributed by atoms with Gasteiger partial charge in [-0.2, -0.15) is 4.98 Å². The summed E-state index contributed by atoms with van der Waals surface area (Å²) in [6.45, 7) is 4.32. The van der Waals surface area contributed by atoms with E-state index in [1.165, 1.54) is 19.3 Å². The molecule has 1 saturated heterocycles. The predicted molar refractivity (Wildman–Crippen MR) is 66.7 cm³/mol. The van der Waals surface area contributed by atoms with Gasteiger partial charge in [0.2, 0.25) is 5.95 Å². The lowest BCUT2D eigenvalue weighted by atomic mass is 9.94. The van der Waals surface area contributed by atoms with Crippen LogP contribution in [0.25, 0.3) is 0 Å². The van der Waals surface area contributed by atoms with Gasteiger partial charge < -0.3 is 10.6 Å². The highest BCUT2D eigenvalue weighted by atomic mass is 35.5. The first-order valence-corrected chi connectivity index (χ1v) is 6.12. The number of hydrogen-bond acceptors (Lipinski definition) is 4. The van der Waals surface area contributed by atoms with Crippen molar-refractivity contribution in [2.24, 2.45) is 5.92 Å². The molecular formula is C11H17ClN4. The van der Waals surface area contributed by atoms with Crippen LogP contribution in [0.2, 0.25) is 5.15 Å². The standard InChI is InChI=1S/C11H17ClN4/c1-2-8-3-5-16(6-4-8)10-7-9(12)14-11(13)15-10/h7-8H,2-6H2,1H3,(H2,13,14,15). The second-order valence-electron chi connectivity index (χ2n) is 4.25. The number of anilines is 2. The average molecular weight is 241 g/mol. The average Bonchev–Trinajstić information content (AvgIpc) is 2.28. The van der Waals surface area contributed by atoms with Crippen molar-refractivity contribution in [1.29, 1.82) is 0 Å². The Morgan fingerprint density at radius 3 is 2.69 bits per heavy atom. The van der Waals surface area contributed by atoms with Crippen molar-refractivity contribution < 1.29 is 0 Å². The summed E-state index contributed by atoms with van der Waals surface area (Å²) in [6.07, 6.45) is 3.70. The molecule has 0 atom stereocenters. The van der Waals surface area contributed by atoms with E-state index in [2.05, 4.69) is 21.8 Å². The Bertz CT molecular complexity index is 341. The molecule has 1 aliphatic heterocycles. The minimum absolute atomic E-state index is 0.250. The van der Waals surface area contributed by atoms with Crippen molar-refractivity contribution in [3.8, 4) is 0 Å². The quantitative estimate of drug-likeness (QED) is 0.807. The van der Waals surface area contributed by atoms with Crippen LogP contribution < -0.4 is 10.6 Å². The SMILES string of the molecule is CCC1CCN(c2cc(Cl)nc(N)n2)CC1. The molecule has 0 aliphatic carbocycles. The van der Waals surface area contributed by atoms with Gasteiger partial charge in [0.15, 0.2) is 0 Å². The molecule has 0 radical (unpaired) electrons. The number of halogens is 1. The summed E-state index contributed by atoms with van der Waals surface area (Å²) in [5, 5.41) is 0.417. The Hall–Kier alpha value is -1.03. The van der Waals surface area contributed by atoms with Crippen LogP contribution in [0, 0.1) is 5.92 Å². The van der Waals surface area contributed by atoms with E-state index >= 15 is 0 Å². The van der Waals surface area contributed by atoms with Crippen LogP contribution in [0.4, 0.5) is 11.8 Å². The van der Waals surface area contributed by atoms with E-state index in [0.29, 0.717) is 5.15 Å². The smallest absolute Gasteiger partial charge is 0.223 e. The summed E-state index contributed by atoms with van der Waals surface area (Å²) in [7, 11) is 0. The first kappa shape index (κ1) is 11.5. The lowest BCUT2D eigenvalue weighted by molar-refractivity contribution is 0.394. The summed E-state index contributed by atoms with van der Waals surface area (Å²) >= 11 is 5.87. The molecule has 0 aromatic carbocycles. The fourth-order valence-corrected chi connectivity index (χ4v) is 2.34. The third-order valence-electron chi connectivity index (χ3n) is 3.21. The molecule has 1 aromatic rings. The summed E-state index contributed by atoms with van der Waals surface area (Å²) in [4.78, 5) is 10.3. The van der Waals surface area contributed by atoms with Crippen molar-refractivity contribution >= 4 is 23.4 Å². The minimum Gasteiger partial charge on any atom is -0.368 e. The van der Waals surface area contributed by atoms with E-state index in [4.69, 9.17) is 17.3 Å². The molecule has 0 bridgehead atoms. The van der Waals surface area contributed by atoms with Crippen molar-refractivity contribution in [2.75, 3.05) is 23.7 Å². The molecule has 2 N–H and O–H groups in total. The molecule has 0 amide bonds. The summed E-state index contributed by atoms with van der Waals surface area (Å²) in [5.41, 5.74) is 5.59. The molecule has 16 heavy (non-hydrogen) atoms. The van der Waals surface area contributed by atoms with Crippen LogP contribution in [0.3, 0.4) is 0 Å². The van der Waals surface area contributed by atoms with Crippen molar-refractivity contribution in [1.82, 2.24) is 9.97 Å². The van der Waals surface area contributed by atoms with Crippen molar-refractivity contribution in [3.63, 3.8) is 0 Å². The third-order valence-corrected chi connectivity index (χ3v) is 3.41. The van der Waals surface area contributed by atoms with Gasteiger partial charge in [0.05, 0.1) is 0 Å². The molecule has 5 heteroatoms. The highest BCUT2D eigenvalue weighted by Gasteiger charge is 2.19. The lowest BCUT2D eigenvalue weighted by Crippen LogP contribution is -2.34. The fraction of sp³-hybridized carbons (Fsp3) is 0.636. The van der Waals surface area contributed by atoms with Crippen molar-refractivity contribution in [3.05, 3.63) is 11.2 Å². The normalized spacial score (nSPS) is 17.8. The molecule has 1 fully saturated rings. The Morgan fingerprint density at radius 2 is 2.12 bits per heavy atom. The van der Waals surface area contributed by atoms with Crippen LogP contribution in [0.15, 0.2) is 6.07 Å². The number of nitrogen functional groups attached to an aromatic ring is 1. The van der Waals surface area contributed by atoms with Crippen molar-refractivity contribution in [2.45, 2.75) is 26.2 Å². The number of piperidine rings is 1. The van der Waals surface area contributed by atoms with Gasteiger partial charge in [-0.15, -0.1) is 0 Å². The highest BCUT2D eigenvalue weighted by molar-refractivity contribution is 6.29. The Kier molecular flexibility index (Phi) is 3.49. The molecule has 0 spiro atoms. The van der Waals surface area contributed by atoms with Gasteiger partial charge in [-0.25, -0.2) is 4.98 Å². The summed E-state index contributed by atoms with van der Waals surface area (Å²) in [5.74, 6) is 1.96. The number of nitrogens with two attached hydrogens (primary N) is 1. The monoisotopic (exact) mass is 240 g/mol. The lowest BCUT2D eigenvalue weighted by Gasteiger charge is -2.32. The maximum atomic E-state index is 5.87. The summed E-state index contributed by atoms with van der Waals surface area (Å²) in [6, 6.07) is 1.78. The van der Waals surface area contributed by atoms with E-state index in [-0.39, 0.29) is 5.95 Å². The minimum atomic E-state index is 0.250. The first-order valence-electron chi connectivity index (χ1n) is 5.74. The van der Waals surface area contributed by atoms with Crippen LogP contribution in [0.1, 0.15) is 26.2 Å². The molecule has 4 nitrogen and oxygen atoms in total. The number of hydrogen-bond donors (Lipinski definition) is 1. The third kappa shape index (κ3) is 2.55. The number of rotatable bonds is 2. The zero-order valence-electron chi connectivity index (χ0n) is 9.49. The molecule has 0 unspecified atom stereocenters. The zero-order chi connectivity index (χ0) is 11.5. The van der Waals surface area contributed by atoms with Crippen LogP contribution in [-0.4, -0.2) is 23.1 Å². The van der Waals surface area contributed by atoms with E-state index in [1.54, 1.807) is 6.07 Å². The maximum Gasteiger partial charge on any atom is 0.223 e. The van der Waals surface area contributed by atoms with Crippen LogP contribution in [0.5, 0.6) is 0 Å². The van der Waals surface area contributed by atoms with Crippen LogP contribution in [-0.2, 0) is 0 Å². The molecule has 2 rings (SSSR count). The Morgan fingerprint density at radius 1 is 1.44 bits per heavy atom. The predicted octanol–water partition coefficient (Wildman–Crippen LogP) is 2.34. The van der Waals surface area contributed by atoms with Gasteiger partial charge in [-0.1, -0.05) is 24.9 Å². The highest BCUT2D eigenvalue weighted by Crippen LogP contribution is 2.25. The van der Waals surface area contributed by atoms with E-state index in [9.17, 15) is 0 Å². The van der Waals surface area contributed by atoms with E-state index in [0.717, 1.165) is 24.8 Å². The largest absolute Gasteiger partial charge is 0.368 e. The molecular weight excluding hydrogens is 224 g/mol. The second kappa shape index (κ2) is 4.87. The summed E-state index contributed by atoms with van der Waals surface area (Å²) < 4.78 is 0. The van der Waals surface area contributed by atoms with Gasteiger partial charge in [0.25, 0.3) is 0 Å². The Balaban J connectivity index is 2.08. The van der Waals surface area contributed by atoms with Gasteiger partial charge in [0, 0.05) is 19.2 Å². The molecule has 1 aromatic heterocycles. The topological polar surface area (TPSA) is 55.0 Å². The number of aromatic nitrogens is 2.